The van der Waals surface area contributed by atoms with Crippen molar-refractivity contribution in [2.24, 2.45) is 16.6 Å². The topological polar surface area (TPSA) is 89.6 Å². The maximum absolute atomic E-state index is 12.1. The highest BCUT2D eigenvalue weighted by atomic mass is 35.5. The molecule has 6 nitrogen and oxygen atoms in total. The van der Waals surface area contributed by atoms with Gasteiger partial charge in [0.25, 0.3) is 0 Å². The molecule has 0 saturated heterocycles. The van der Waals surface area contributed by atoms with Crippen molar-refractivity contribution in [2.75, 3.05) is 7.11 Å². The van der Waals surface area contributed by atoms with E-state index in [1.165, 1.54) is 7.11 Å². The second-order valence-corrected chi connectivity index (χ2v) is 6.30. The zero-order chi connectivity index (χ0) is 19.1. The Balaban J connectivity index is 2.29. The van der Waals surface area contributed by atoms with Crippen molar-refractivity contribution < 1.29 is 9.53 Å². The lowest BCUT2D eigenvalue weighted by Crippen LogP contribution is -2.30. The SMILES string of the molecule is C=CCC(N/C(N)=C(Cl)/C(=N\C(=C)C1CC1)C(=O)OC)c1ccccn1. The van der Waals surface area contributed by atoms with Gasteiger partial charge in [-0.2, -0.15) is 0 Å². The Hall–Kier alpha value is -2.60. The molecule has 0 aliphatic heterocycles. The van der Waals surface area contributed by atoms with Crippen molar-refractivity contribution in [3.8, 4) is 0 Å². The van der Waals surface area contributed by atoms with Crippen molar-refractivity contribution in [3.63, 3.8) is 0 Å². The van der Waals surface area contributed by atoms with Crippen LogP contribution in [-0.4, -0.2) is 23.8 Å². The molecule has 1 atom stereocenters. The van der Waals surface area contributed by atoms with Gasteiger partial charge in [-0.25, -0.2) is 9.79 Å². The highest BCUT2D eigenvalue weighted by Gasteiger charge is 2.27. The van der Waals surface area contributed by atoms with Crippen molar-refractivity contribution in [2.45, 2.75) is 25.3 Å². The summed E-state index contributed by atoms with van der Waals surface area (Å²) in [6.45, 7) is 7.65. The third-order valence-corrected chi connectivity index (χ3v) is 4.29. The van der Waals surface area contributed by atoms with E-state index in [1.54, 1.807) is 12.3 Å². The molecule has 1 saturated carbocycles. The van der Waals surface area contributed by atoms with E-state index in [1.807, 2.05) is 18.2 Å². The van der Waals surface area contributed by atoms with Crippen LogP contribution >= 0.6 is 11.6 Å². The molecule has 1 aliphatic rings. The van der Waals surface area contributed by atoms with Gasteiger partial charge >= 0.3 is 5.97 Å². The molecule has 26 heavy (non-hydrogen) atoms. The van der Waals surface area contributed by atoms with Gasteiger partial charge in [-0.1, -0.05) is 30.3 Å². The predicted octanol–water partition coefficient (Wildman–Crippen LogP) is 3.19. The van der Waals surface area contributed by atoms with Crippen LogP contribution in [0, 0.1) is 5.92 Å². The highest BCUT2D eigenvalue weighted by molar-refractivity contribution is 6.58. The molecule has 0 amide bonds. The van der Waals surface area contributed by atoms with Gasteiger partial charge in [0.15, 0.2) is 5.71 Å². The molecule has 1 aliphatic carbocycles. The monoisotopic (exact) mass is 374 g/mol. The number of nitrogens with one attached hydrogen (secondary N) is 1. The van der Waals surface area contributed by atoms with Crippen LogP contribution in [0.15, 0.2) is 65.2 Å². The standard InChI is InChI=1S/C19H23ClN4O2/c1-4-7-15(14-8-5-6-11-22-14)24-18(21)16(20)17(19(25)26-3)23-12(2)13-9-10-13/h4-6,8,11,13,15,24H,1-2,7,9-10,21H2,3H3/b18-16-,23-17+. The number of pyridine rings is 1. The number of carbonyl (C=O) groups excluding carboxylic acids is 1. The molecule has 2 rings (SSSR count). The lowest BCUT2D eigenvalue weighted by molar-refractivity contribution is -0.132. The number of ether oxygens (including phenoxy) is 1. The summed E-state index contributed by atoms with van der Waals surface area (Å²) < 4.78 is 4.78. The number of rotatable bonds is 9. The first-order valence-electron chi connectivity index (χ1n) is 8.27. The first-order valence-corrected chi connectivity index (χ1v) is 8.65. The molecule has 1 unspecified atom stereocenters. The maximum atomic E-state index is 12.1. The number of aromatic nitrogens is 1. The number of allylic oxidation sites excluding steroid dienone is 1. The van der Waals surface area contributed by atoms with Crippen molar-refractivity contribution >= 4 is 23.3 Å². The largest absolute Gasteiger partial charge is 0.464 e. The van der Waals surface area contributed by atoms with Gasteiger partial charge in [-0.15, -0.1) is 6.58 Å². The second kappa shape index (κ2) is 9.20. The molecule has 1 fully saturated rings. The van der Waals surface area contributed by atoms with Gasteiger partial charge < -0.3 is 15.8 Å². The van der Waals surface area contributed by atoms with Gasteiger partial charge in [0.2, 0.25) is 0 Å². The fraction of sp³-hybridized carbons (Fsp3) is 0.316. The average Bonchev–Trinajstić information content (AvgIpc) is 3.50. The van der Waals surface area contributed by atoms with E-state index < -0.39 is 5.97 Å². The Bertz CT molecular complexity index is 739. The summed E-state index contributed by atoms with van der Waals surface area (Å²) in [6.07, 6.45) is 6.02. The van der Waals surface area contributed by atoms with E-state index in [-0.39, 0.29) is 28.5 Å². The van der Waals surface area contributed by atoms with Crippen LogP contribution < -0.4 is 11.1 Å². The Labute approximate surface area is 158 Å². The molecule has 0 spiro atoms. The third kappa shape index (κ3) is 5.20. The van der Waals surface area contributed by atoms with Gasteiger partial charge in [0.1, 0.15) is 10.9 Å². The van der Waals surface area contributed by atoms with E-state index in [9.17, 15) is 4.79 Å². The summed E-state index contributed by atoms with van der Waals surface area (Å²) in [6, 6.07) is 5.33. The van der Waals surface area contributed by atoms with Crippen LogP contribution in [0.5, 0.6) is 0 Å². The van der Waals surface area contributed by atoms with Crippen LogP contribution in [-0.2, 0) is 9.53 Å². The minimum Gasteiger partial charge on any atom is -0.464 e. The van der Waals surface area contributed by atoms with E-state index in [0.717, 1.165) is 18.5 Å². The molecule has 0 radical (unpaired) electrons. The number of carbonyl (C=O) groups is 1. The summed E-state index contributed by atoms with van der Waals surface area (Å²) in [5.41, 5.74) is 7.42. The van der Waals surface area contributed by atoms with Crippen molar-refractivity contribution in [3.05, 3.63) is 65.9 Å². The lowest BCUT2D eigenvalue weighted by Gasteiger charge is -2.19. The minimum atomic E-state index is -0.667. The summed E-state index contributed by atoms with van der Waals surface area (Å²) in [4.78, 5) is 20.7. The summed E-state index contributed by atoms with van der Waals surface area (Å²) in [5.74, 6) is -0.271. The Morgan fingerprint density at radius 2 is 2.31 bits per heavy atom. The van der Waals surface area contributed by atoms with E-state index >= 15 is 0 Å². The Kier molecular flexibility index (Phi) is 6.97. The summed E-state index contributed by atoms with van der Waals surface area (Å²) in [5, 5.41) is 3.07. The highest BCUT2D eigenvalue weighted by Crippen LogP contribution is 2.36. The fourth-order valence-electron chi connectivity index (χ4n) is 2.31. The predicted molar refractivity (Wildman–Crippen MR) is 103 cm³/mol. The number of halogens is 1. The zero-order valence-corrected chi connectivity index (χ0v) is 15.5. The second-order valence-electron chi connectivity index (χ2n) is 5.92. The fourth-order valence-corrected chi connectivity index (χ4v) is 2.49. The third-order valence-electron chi connectivity index (χ3n) is 3.90. The van der Waals surface area contributed by atoms with Crippen LogP contribution in [0.3, 0.4) is 0 Å². The number of aliphatic imine (C=N–C) groups is 1. The molecule has 138 valence electrons. The molecule has 3 N–H and O–H groups in total. The van der Waals surface area contributed by atoms with Gasteiger partial charge in [-0.3, -0.25) is 4.98 Å². The number of methoxy groups -OCH3 is 1. The van der Waals surface area contributed by atoms with Crippen LogP contribution in [0.1, 0.15) is 31.0 Å². The molecule has 1 heterocycles. The van der Waals surface area contributed by atoms with E-state index in [4.69, 9.17) is 22.1 Å². The van der Waals surface area contributed by atoms with E-state index in [2.05, 4.69) is 28.5 Å². The van der Waals surface area contributed by atoms with Gasteiger partial charge in [0, 0.05) is 17.8 Å². The quantitative estimate of drug-likeness (QED) is 0.393. The average molecular weight is 375 g/mol. The number of nitrogens with zero attached hydrogens (tertiary/aromatic N) is 2. The molecular formula is C19H23ClN4O2. The van der Waals surface area contributed by atoms with Gasteiger partial charge in [0.05, 0.1) is 18.8 Å². The maximum Gasteiger partial charge on any atom is 0.358 e. The summed E-state index contributed by atoms with van der Waals surface area (Å²) >= 11 is 6.34. The lowest BCUT2D eigenvalue weighted by atomic mass is 10.1. The van der Waals surface area contributed by atoms with Crippen molar-refractivity contribution in [1.82, 2.24) is 10.3 Å². The Morgan fingerprint density at radius 3 is 2.85 bits per heavy atom. The minimum absolute atomic E-state index is 0.0105. The molecule has 1 aromatic heterocycles. The molecule has 0 aromatic carbocycles. The first-order chi connectivity index (χ1) is 12.5. The molecule has 7 heteroatoms. The normalized spacial score (nSPS) is 16.3. The number of hydrogen-bond acceptors (Lipinski definition) is 6. The summed E-state index contributed by atoms with van der Waals surface area (Å²) in [7, 11) is 1.26. The zero-order valence-electron chi connectivity index (χ0n) is 14.7. The number of nitrogens with two attached hydrogens (primary N) is 1. The molecule has 0 bridgehead atoms. The van der Waals surface area contributed by atoms with E-state index in [0.29, 0.717) is 12.1 Å². The molecule has 1 aromatic rings. The van der Waals surface area contributed by atoms with Gasteiger partial charge in [-0.05, 0) is 31.4 Å². The number of hydrogen-bond donors (Lipinski definition) is 2. The van der Waals surface area contributed by atoms with Crippen LogP contribution in [0.2, 0.25) is 0 Å². The Morgan fingerprint density at radius 1 is 1.58 bits per heavy atom. The molecular weight excluding hydrogens is 352 g/mol. The van der Waals surface area contributed by atoms with Crippen LogP contribution in [0.25, 0.3) is 0 Å². The first kappa shape index (κ1) is 19.7. The smallest absolute Gasteiger partial charge is 0.358 e. The van der Waals surface area contributed by atoms with Crippen molar-refractivity contribution in [1.29, 1.82) is 0 Å². The number of esters is 1. The van der Waals surface area contributed by atoms with Crippen LogP contribution in [0.4, 0.5) is 0 Å².